The number of benzene rings is 1. The van der Waals surface area contributed by atoms with Crippen molar-refractivity contribution in [2.24, 2.45) is 0 Å². The van der Waals surface area contributed by atoms with Crippen molar-refractivity contribution in [1.29, 1.82) is 0 Å². The van der Waals surface area contributed by atoms with Gasteiger partial charge in [-0.2, -0.15) is 0 Å². The second kappa shape index (κ2) is 4.71. The molecule has 0 saturated carbocycles. The monoisotopic (exact) mass is 249 g/mol. The van der Waals surface area contributed by atoms with E-state index >= 15 is 0 Å². The molecule has 18 heavy (non-hydrogen) atoms. The maximum Gasteiger partial charge on any atom is 0.308 e. The Hall–Kier alpha value is -1.39. The van der Waals surface area contributed by atoms with Crippen LogP contribution < -0.4 is 10.1 Å². The van der Waals surface area contributed by atoms with E-state index in [0.717, 1.165) is 23.2 Å². The number of hydrogen-bond acceptors (Lipinski definition) is 4. The van der Waals surface area contributed by atoms with Crippen LogP contribution in [-0.4, -0.2) is 24.2 Å². The highest BCUT2D eigenvalue weighted by Crippen LogP contribution is 2.33. The fourth-order valence-electron chi connectivity index (χ4n) is 2.45. The predicted molar refractivity (Wildman–Crippen MR) is 68.6 cm³/mol. The highest BCUT2D eigenvalue weighted by molar-refractivity contribution is 5.70. The van der Waals surface area contributed by atoms with Gasteiger partial charge in [-0.15, -0.1) is 0 Å². The molecule has 0 radical (unpaired) electrons. The zero-order valence-electron chi connectivity index (χ0n) is 11.0. The van der Waals surface area contributed by atoms with Crippen LogP contribution in [0.15, 0.2) is 12.1 Å². The quantitative estimate of drug-likeness (QED) is 0.614. The van der Waals surface area contributed by atoms with Crippen LogP contribution in [0.1, 0.15) is 30.0 Å². The van der Waals surface area contributed by atoms with E-state index in [1.54, 1.807) is 0 Å². The fourth-order valence-corrected chi connectivity index (χ4v) is 2.45. The smallest absolute Gasteiger partial charge is 0.308 e. The number of hydrogen-bond donors (Lipinski definition) is 2. The van der Waals surface area contributed by atoms with Gasteiger partial charge in [0, 0.05) is 13.5 Å². The van der Waals surface area contributed by atoms with E-state index in [1.165, 1.54) is 6.92 Å². The van der Waals surface area contributed by atoms with Crippen LogP contribution in [0, 0.1) is 13.8 Å². The van der Waals surface area contributed by atoms with Crippen molar-refractivity contribution in [2.45, 2.75) is 32.8 Å². The van der Waals surface area contributed by atoms with Crippen LogP contribution in [0.3, 0.4) is 0 Å². The Kier molecular flexibility index (Phi) is 3.41. The average Bonchev–Trinajstić information content (AvgIpc) is 2.71. The minimum absolute atomic E-state index is 0.324. The minimum atomic E-state index is -0.801. The molecule has 0 aliphatic carbocycles. The van der Waals surface area contributed by atoms with Crippen LogP contribution in [0.25, 0.3) is 0 Å². The third-order valence-corrected chi connectivity index (χ3v) is 3.38. The van der Waals surface area contributed by atoms with Crippen molar-refractivity contribution >= 4 is 5.97 Å². The zero-order chi connectivity index (χ0) is 13.3. The Morgan fingerprint density at radius 1 is 1.39 bits per heavy atom. The molecule has 1 aromatic carbocycles. The molecule has 1 aliphatic heterocycles. The number of β-amino-alcohol motifs (C(OH)–C–C–N with tert-alkyl or cyclic N) is 1. The van der Waals surface area contributed by atoms with Crippen LogP contribution >= 0.6 is 0 Å². The Bertz CT molecular complexity index is 453. The molecule has 1 aromatic rings. The Morgan fingerprint density at radius 3 is 2.44 bits per heavy atom. The third kappa shape index (κ3) is 2.40. The maximum atomic E-state index is 11.0. The van der Waals surface area contributed by atoms with E-state index in [4.69, 9.17) is 4.74 Å². The largest absolute Gasteiger partial charge is 0.426 e. The molecule has 0 bridgehead atoms. The second-order valence-electron chi connectivity index (χ2n) is 4.99. The Balaban J connectivity index is 2.39. The lowest BCUT2D eigenvalue weighted by Gasteiger charge is -2.24. The standard InChI is InChI=1S/C14H19NO3/c1-9-6-12(14(17)4-5-15-8-14)7-10(2)13(9)18-11(3)16/h6-7,15,17H,4-5,8H2,1-3H3. The van der Waals surface area contributed by atoms with E-state index in [1.807, 2.05) is 26.0 Å². The van der Waals surface area contributed by atoms with E-state index in [0.29, 0.717) is 18.7 Å². The van der Waals surface area contributed by atoms with Gasteiger partial charge in [0.1, 0.15) is 11.4 Å². The van der Waals surface area contributed by atoms with E-state index in [2.05, 4.69) is 5.32 Å². The van der Waals surface area contributed by atoms with Crippen LogP contribution in [0.5, 0.6) is 5.75 Å². The lowest BCUT2D eigenvalue weighted by Crippen LogP contribution is -2.28. The summed E-state index contributed by atoms with van der Waals surface area (Å²) in [5, 5.41) is 13.7. The van der Waals surface area contributed by atoms with Crippen molar-refractivity contribution in [1.82, 2.24) is 5.32 Å². The summed E-state index contributed by atoms with van der Waals surface area (Å²) in [6.45, 7) is 6.56. The van der Waals surface area contributed by atoms with Gasteiger partial charge in [-0.05, 0) is 55.6 Å². The lowest BCUT2D eigenvalue weighted by molar-refractivity contribution is -0.131. The molecule has 0 aromatic heterocycles. The number of esters is 1. The Morgan fingerprint density at radius 2 is 2.00 bits per heavy atom. The number of rotatable bonds is 2. The molecule has 1 unspecified atom stereocenters. The minimum Gasteiger partial charge on any atom is -0.426 e. The molecule has 98 valence electrons. The van der Waals surface area contributed by atoms with Gasteiger partial charge >= 0.3 is 5.97 Å². The normalized spacial score (nSPS) is 23.1. The third-order valence-electron chi connectivity index (χ3n) is 3.38. The first kappa shape index (κ1) is 13.1. The highest BCUT2D eigenvalue weighted by Gasteiger charge is 2.33. The SMILES string of the molecule is CC(=O)Oc1c(C)cc(C2(O)CCNC2)cc1C. The molecule has 1 heterocycles. The molecule has 2 rings (SSSR count). The maximum absolute atomic E-state index is 11.0. The van der Waals surface area contributed by atoms with Gasteiger partial charge in [0.05, 0.1) is 0 Å². The van der Waals surface area contributed by atoms with Crippen LogP contribution in [0.4, 0.5) is 0 Å². The van der Waals surface area contributed by atoms with Crippen molar-refractivity contribution in [3.8, 4) is 5.75 Å². The molecule has 4 nitrogen and oxygen atoms in total. The molecule has 1 aliphatic rings. The van der Waals surface area contributed by atoms with Gasteiger partial charge < -0.3 is 15.2 Å². The van der Waals surface area contributed by atoms with Gasteiger partial charge in [0.25, 0.3) is 0 Å². The van der Waals surface area contributed by atoms with Gasteiger partial charge in [0.15, 0.2) is 0 Å². The second-order valence-corrected chi connectivity index (χ2v) is 4.99. The molecule has 0 spiro atoms. The van der Waals surface area contributed by atoms with Crippen molar-refractivity contribution < 1.29 is 14.6 Å². The van der Waals surface area contributed by atoms with Crippen molar-refractivity contribution in [2.75, 3.05) is 13.1 Å². The van der Waals surface area contributed by atoms with Gasteiger partial charge in [-0.1, -0.05) is 0 Å². The van der Waals surface area contributed by atoms with Crippen molar-refractivity contribution in [3.63, 3.8) is 0 Å². The number of aliphatic hydroxyl groups is 1. The first-order chi connectivity index (χ1) is 8.42. The van der Waals surface area contributed by atoms with Gasteiger partial charge in [-0.3, -0.25) is 4.79 Å². The van der Waals surface area contributed by atoms with Gasteiger partial charge in [-0.25, -0.2) is 0 Å². The van der Waals surface area contributed by atoms with Crippen molar-refractivity contribution in [3.05, 3.63) is 28.8 Å². The molecule has 0 amide bonds. The molecule has 1 atom stereocenters. The molecular weight excluding hydrogens is 230 g/mol. The Labute approximate surface area is 107 Å². The summed E-state index contributed by atoms with van der Waals surface area (Å²) < 4.78 is 5.19. The molecule has 4 heteroatoms. The molecule has 2 N–H and O–H groups in total. The summed E-state index contributed by atoms with van der Waals surface area (Å²) in [4.78, 5) is 11.0. The van der Waals surface area contributed by atoms with Gasteiger partial charge in [0.2, 0.25) is 0 Å². The summed E-state index contributed by atoms with van der Waals surface area (Å²) in [5.74, 6) is 0.274. The molecular formula is C14H19NO3. The van der Waals surface area contributed by atoms with E-state index < -0.39 is 5.60 Å². The number of ether oxygens (including phenoxy) is 1. The predicted octanol–water partition coefficient (Wildman–Crippen LogP) is 1.41. The summed E-state index contributed by atoms with van der Waals surface area (Å²) in [6, 6.07) is 3.80. The van der Waals surface area contributed by atoms with E-state index in [-0.39, 0.29) is 5.97 Å². The number of nitrogens with one attached hydrogen (secondary N) is 1. The average molecular weight is 249 g/mol. The number of aryl methyl sites for hydroxylation is 2. The number of carbonyl (C=O) groups excluding carboxylic acids is 1. The molecule has 1 saturated heterocycles. The lowest BCUT2D eigenvalue weighted by atomic mass is 9.90. The highest BCUT2D eigenvalue weighted by atomic mass is 16.5. The first-order valence-electron chi connectivity index (χ1n) is 6.15. The summed E-state index contributed by atoms with van der Waals surface area (Å²) in [7, 11) is 0. The van der Waals surface area contributed by atoms with E-state index in [9.17, 15) is 9.90 Å². The summed E-state index contributed by atoms with van der Waals surface area (Å²) in [5.41, 5.74) is 1.84. The zero-order valence-corrected chi connectivity index (χ0v) is 11.0. The molecule has 1 fully saturated rings. The summed E-state index contributed by atoms with van der Waals surface area (Å²) in [6.07, 6.45) is 0.707. The topological polar surface area (TPSA) is 58.6 Å². The fraction of sp³-hybridized carbons (Fsp3) is 0.500. The van der Waals surface area contributed by atoms with Crippen LogP contribution in [-0.2, 0) is 10.4 Å². The summed E-state index contributed by atoms with van der Waals surface area (Å²) >= 11 is 0. The first-order valence-corrected chi connectivity index (χ1v) is 6.15. The van der Waals surface area contributed by atoms with Crippen LogP contribution in [0.2, 0.25) is 0 Å². The number of carbonyl (C=O) groups is 1.